The first-order chi connectivity index (χ1) is 24.6. The highest BCUT2D eigenvalue weighted by Crippen LogP contribution is 2.35. The molecule has 1 heterocycles. The molecular weight excluding hydrogens is 696 g/mol. The van der Waals surface area contributed by atoms with Gasteiger partial charge in [-0.25, -0.2) is 9.18 Å². The van der Waals surface area contributed by atoms with Crippen molar-refractivity contribution in [2.45, 2.75) is 70.0 Å². The predicted octanol–water partition coefficient (Wildman–Crippen LogP) is 9.32. The third-order valence-corrected chi connectivity index (χ3v) is 9.55. The van der Waals surface area contributed by atoms with Crippen molar-refractivity contribution < 1.29 is 28.8 Å². The van der Waals surface area contributed by atoms with Gasteiger partial charge in [-0.1, -0.05) is 55.8 Å². The van der Waals surface area contributed by atoms with Crippen LogP contribution in [0.1, 0.15) is 69.5 Å². The molecule has 1 aliphatic rings. The zero-order valence-electron chi connectivity index (χ0n) is 29.4. The summed E-state index contributed by atoms with van der Waals surface area (Å²) in [7, 11) is -0.667. The Labute approximate surface area is 306 Å². The fourth-order valence-electron chi connectivity index (χ4n) is 5.97. The number of hydrogen-bond acceptors (Lipinski definition) is 10. The number of aliphatic hydroxyl groups excluding tert-OH is 1. The highest BCUT2D eigenvalue weighted by molar-refractivity contribution is 7.50. The third-order valence-electron chi connectivity index (χ3n) is 8.79. The Hall–Kier alpha value is -3.38. The zero-order valence-corrected chi connectivity index (χ0v) is 31.0. The number of aliphatic hydroxyl groups is 1. The number of amides is 1. The SMILES string of the molecule is CP(C)ONc1cc(C(O)CNCCCCCCCCCN2CCC(OC(=O)Nc3ccc(F)cc3-c3ccc(O)c(Cl)c3)CC2)ccc1N=O. The Morgan fingerprint density at radius 2 is 1.73 bits per heavy atom. The van der Waals surface area contributed by atoms with Crippen LogP contribution < -0.4 is 16.1 Å². The molecule has 1 fully saturated rings. The maximum absolute atomic E-state index is 14.0. The minimum Gasteiger partial charge on any atom is -0.506 e. The van der Waals surface area contributed by atoms with Crippen LogP contribution in [0, 0.1) is 10.7 Å². The van der Waals surface area contributed by atoms with Gasteiger partial charge in [-0.3, -0.25) is 15.4 Å². The van der Waals surface area contributed by atoms with Crippen molar-refractivity contribution in [2.75, 3.05) is 56.9 Å². The van der Waals surface area contributed by atoms with E-state index in [0.29, 0.717) is 34.6 Å². The topological polar surface area (TPSA) is 145 Å². The van der Waals surface area contributed by atoms with Crippen LogP contribution in [0.3, 0.4) is 0 Å². The number of halogens is 2. The van der Waals surface area contributed by atoms with Gasteiger partial charge in [0.05, 0.1) is 30.6 Å². The number of anilines is 2. The molecule has 0 saturated carbocycles. The van der Waals surface area contributed by atoms with E-state index in [2.05, 4.69) is 26.2 Å². The van der Waals surface area contributed by atoms with Gasteiger partial charge in [-0.2, -0.15) is 0 Å². The summed E-state index contributed by atoms with van der Waals surface area (Å²) in [5.74, 6) is -0.537. The molecule has 1 saturated heterocycles. The first-order valence-corrected chi connectivity index (χ1v) is 20.1. The molecule has 1 unspecified atom stereocenters. The molecule has 11 nitrogen and oxygen atoms in total. The highest BCUT2D eigenvalue weighted by atomic mass is 35.5. The molecule has 0 radical (unpaired) electrons. The number of piperidine rings is 1. The van der Waals surface area contributed by atoms with Gasteiger partial charge in [-0.15, -0.1) is 4.91 Å². The average molecular weight is 746 g/mol. The summed E-state index contributed by atoms with van der Waals surface area (Å²) in [6, 6.07) is 13.6. The van der Waals surface area contributed by atoms with Crippen molar-refractivity contribution in [3.05, 3.63) is 75.9 Å². The standard InChI is InChI=1S/C37H50ClFN5O6P/c1-51(2)50-43-34-23-27(10-13-33(34)42-48)36(46)25-40-18-8-6-4-3-5-7-9-19-44-20-16-29(17-21-44)49-37(47)41-32-14-12-28(39)24-30(32)26-11-15-35(45)31(38)22-26/h10-15,22-24,29,36,40,43,45-46H,3-9,16-21,25H2,1-2H3,(H,41,47). The molecule has 51 heavy (non-hydrogen) atoms. The molecule has 5 N–H and O–H groups in total. The number of nitroso groups, excluding NO2 is 1. The molecule has 14 heteroatoms. The number of ether oxygens (including phenoxy) is 1. The number of unbranched alkanes of at least 4 members (excludes halogenated alkanes) is 6. The van der Waals surface area contributed by atoms with Gasteiger partial charge in [0.25, 0.3) is 0 Å². The van der Waals surface area contributed by atoms with Gasteiger partial charge in [0.1, 0.15) is 23.4 Å². The van der Waals surface area contributed by atoms with Crippen LogP contribution in [0.15, 0.2) is 59.8 Å². The molecule has 0 bridgehead atoms. The lowest BCUT2D eigenvalue weighted by atomic mass is 10.0. The molecule has 0 aromatic heterocycles. The Balaban J connectivity index is 1.02. The molecule has 0 spiro atoms. The first kappa shape index (κ1) is 40.4. The highest BCUT2D eigenvalue weighted by Gasteiger charge is 2.23. The summed E-state index contributed by atoms with van der Waals surface area (Å²) < 4.78 is 25.2. The Bertz CT molecular complexity index is 1560. The van der Waals surface area contributed by atoms with Crippen molar-refractivity contribution in [1.82, 2.24) is 10.2 Å². The summed E-state index contributed by atoms with van der Waals surface area (Å²) in [6.07, 6.45) is 8.17. The Morgan fingerprint density at radius 3 is 2.43 bits per heavy atom. The van der Waals surface area contributed by atoms with Crippen LogP contribution in [0.4, 0.5) is 26.2 Å². The van der Waals surface area contributed by atoms with Crippen molar-refractivity contribution >= 4 is 42.9 Å². The van der Waals surface area contributed by atoms with Crippen LogP contribution in [-0.4, -0.2) is 73.4 Å². The van der Waals surface area contributed by atoms with Crippen molar-refractivity contribution in [1.29, 1.82) is 0 Å². The summed E-state index contributed by atoms with van der Waals surface area (Å²) in [5.41, 5.74) is 5.55. The van der Waals surface area contributed by atoms with Crippen LogP contribution in [0.2, 0.25) is 5.02 Å². The van der Waals surface area contributed by atoms with Gasteiger partial charge in [0.15, 0.2) is 0 Å². The van der Waals surface area contributed by atoms with Crippen LogP contribution in [-0.2, 0) is 9.36 Å². The van der Waals surface area contributed by atoms with E-state index in [4.69, 9.17) is 21.0 Å². The fourth-order valence-corrected chi connectivity index (χ4v) is 6.43. The second kappa shape index (κ2) is 21.2. The summed E-state index contributed by atoms with van der Waals surface area (Å²) in [5, 5.41) is 29.5. The largest absolute Gasteiger partial charge is 0.506 e. The Kier molecular flexibility index (Phi) is 16.8. The first-order valence-electron chi connectivity index (χ1n) is 17.6. The summed E-state index contributed by atoms with van der Waals surface area (Å²) in [6.45, 7) is 7.91. The molecule has 3 aromatic carbocycles. The second-order valence-corrected chi connectivity index (χ2v) is 15.2. The normalized spacial score (nSPS) is 14.4. The molecule has 1 aliphatic heterocycles. The van der Waals surface area contributed by atoms with E-state index in [-0.39, 0.29) is 22.6 Å². The van der Waals surface area contributed by atoms with E-state index in [1.807, 2.05) is 13.3 Å². The second-order valence-electron chi connectivity index (χ2n) is 13.0. The molecule has 1 atom stereocenters. The van der Waals surface area contributed by atoms with Gasteiger partial charge in [0.2, 0.25) is 0 Å². The number of phenols is 1. The zero-order chi connectivity index (χ0) is 36.6. The molecule has 3 aromatic rings. The van der Waals surface area contributed by atoms with Crippen molar-refractivity contribution in [3.8, 4) is 16.9 Å². The average Bonchev–Trinajstić information content (AvgIpc) is 3.12. The smallest absolute Gasteiger partial charge is 0.411 e. The lowest BCUT2D eigenvalue weighted by Crippen LogP contribution is -2.38. The number of rotatable bonds is 20. The number of phenolic OH excluding ortho intramolecular Hbond substituents is 1. The van der Waals surface area contributed by atoms with Gasteiger partial charge >= 0.3 is 6.09 Å². The van der Waals surface area contributed by atoms with E-state index >= 15 is 0 Å². The fraction of sp³-hybridized carbons (Fsp3) is 0.486. The van der Waals surface area contributed by atoms with Gasteiger partial charge < -0.3 is 25.2 Å². The van der Waals surface area contributed by atoms with Gasteiger partial charge in [0, 0.05) is 25.2 Å². The number of likely N-dealkylation sites (tertiary alicyclic amines) is 1. The van der Waals surface area contributed by atoms with Crippen LogP contribution >= 0.6 is 19.7 Å². The number of nitrogens with one attached hydrogen (secondary N) is 3. The maximum Gasteiger partial charge on any atom is 0.411 e. The molecule has 1 amide bonds. The van der Waals surface area contributed by atoms with Crippen LogP contribution in [0.5, 0.6) is 5.75 Å². The summed E-state index contributed by atoms with van der Waals surface area (Å²) in [4.78, 5) is 26.2. The van der Waals surface area contributed by atoms with E-state index < -0.39 is 26.2 Å². The van der Waals surface area contributed by atoms with E-state index in [1.165, 1.54) is 56.0 Å². The number of benzene rings is 3. The lowest BCUT2D eigenvalue weighted by Gasteiger charge is -2.31. The third kappa shape index (κ3) is 13.6. The number of carbonyl (C=O) groups is 1. The molecule has 4 rings (SSSR count). The van der Waals surface area contributed by atoms with Crippen molar-refractivity contribution in [2.24, 2.45) is 5.18 Å². The minimum absolute atomic E-state index is 0.0786. The van der Waals surface area contributed by atoms with E-state index in [0.717, 1.165) is 58.3 Å². The van der Waals surface area contributed by atoms with E-state index in [9.17, 15) is 24.3 Å². The molecule has 278 valence electrons. The number of aromatic hydroxyl groups is 1. The van der Waals surface area contributed by atoms with Crippen LogP contribution in [0.25, 0.3) is 11.1 Å². The van der Waals surface area contributed by atoms with E-state index in [1.54, 1.807) is 24.3 Å². The maximum atomic E-state index is 14.0. The number of carbonyl (C=O) groups excluding carboxylic acids is 1. The number of hydrogen-bond donors (Lipinski definition) is 5. The quantitative estimate of drug-likeness (QED) is 0.0331. The lowest BCUT2D eigenvalue weighted by molar-refractivity contribution is 0.0584. The summed E-state index contributed by atoms with van der Waals surface area (Å²) >= 11 is 6.04. The Morgan fingerprint density at radius 1 is 1.00 bits per heavy atom. The molecular formula is C37H50ClFN5O6P. The van der Waals surface area contributed by atoms with Gasteiger partial charge in [-0.05, 0) is 111 Å². The monoisotopic (exact) mass is 745 g/mol. The molecule has 0 aliphatic carbocycles. The number of nitrogens with zero attached hydrogens (tertiary/aromatic N) is 2. The predicted molar refractivity (Wildman–Crippen MR) is 204 cm³/mol. The minimum atomic E-state index is -0.700. The van der Waals surface area contributed by atoms with Crippen molar-refractivity contribution in [3.63, 3.8) is 0 Å².